The van der Waals surface area contributed by atoms with Crippen molar-refractivity contribution in [3.63, 3.8) is 0 Å². The van der Waals surface area contributed by atoms with E-state index in [1.807, 2.05) is 11.8 Å². The van der Waals surface area contributed by atoms with Crippen LogP contribution in [-0.2, 0) is 19.8 Å². The van der Waals surface area contributed by atoms with Gasteiger partial charge in [0, 0.05) is 39.8 Å². The third-order valence-electron chi connectivity index (χ3n) is 4.78. The van der Waals surface area contributed by atoms with Gasteiger partial charge in [-0.05, 0) is 37.1 Å². The predicted octanol–water partition coefficient (Wildman–Crippen LogP) is 3.10. The molecular weight excluding hydrogens is 357 g/mol. The van der Waals surface area contributed by atoms with Crippen molar-refractivity contribution < 1.29 is 18.0 Å². The number of carbonyl (C=O) groups is 1. The van der Waals surface area contributed by atoms with Crippen molar-refractivity contribution in [3.05, 3.63) is 52.8 Å². The van der Waals surface area contributed by atoms with Gasteiger partial charge in [0.15, 0.2) is 0 Å². The van der Waals surface area contributed by atoms with Crippen LogP contribution < -0.4 is 0 Å². The Bertz CT molecular complexity index is 798. The van der Waals surface area contributed by atoms with Crippen LogP contribution >= 0.6 is 0 Å². The van der Waals surface area contributed by atoms with Crippen LogP contribution in [0.2, 0.25) is 0 Å². The fraction of sp³-hybridized carbons (Fsp3) is 0.474. The SMILES string of the molecule is Cc1cc(C(=O)N2CCCN(Cc3ccc(C(F)(F)F)cc3)CC2)n(C)n1. The maximum atomic E-state index is 12.7. The minimum Gasteiger partial charge on any atom is -0.336 e. The van der Waals surface area contributed by atoms with E-state index in [9.17, 15) is 18.0 Å². The van der Waals surface area contributed by atoms with Gasteiger partial charge in [0.05, 0.1) is 11.3 Å². The lowest BCUT2D eigenvalue weighted by Gasteiger charge is -2.22. The van der Waals surface area contributed by atoms with E-state index in [0.717, 1.165) is 36.4 Å². The zero-order chi connectivity index (χ0) is 19.6. The van der Waals surface area contributed by atoms with E-state index in [0.29, 0.717) is 31.9 Å². The molecule has 1 aliphatic rings. The van der Waals surface area contributed by atoms with Gasteiger partial charge < -0.3 is 4.90 Å². The smallest absolute Gasteiger partial charge is 0.336 e. The van der Waals surface area contributed by atoms with Crippen LogP contribution in [0, 0.1) is 6.92 Å². The summed E-state index contributed by atoms with van der Waals surface area (Å²) in [5.41, 5.74) is 1.58. The van der Waals surface area contributed by atoms with Crippen LogP contribution in [-0.4, -0.2) is 51.7 Å². The molecule has 2 heterocycles. The molecular formula is C19H23F3N4O. The second-order valence-corrected chi connectivity index (χ2v) is 6.91. The van der Waals surface area contributed by atoms with Crippen molar-refractivity contribution in [2.75, 3.05) is 26.2 Å². The molecule has 0 unspecified atom stereocenters. The Kier molecular flexibility index (Phi) is 5.55. The highest BCUT2D eigenvalue weighted by molar-refractivity contribution is 5.92. The zero-order valence-corrected chi connectivity index (χ0v) is 15.5. The molecule has 3 rings (SSSR count). The number of amides is 1. The standard InChI is InChI=1S/C19H23F3N4O/c1-14-12-17(24(2)23-14)18(27)26-9-3-8-25(10-11-26)13-15-4-6-16(7-5-15)19(20,21)22/h4-7,12H,3,8-11,13H2,1-2H3. The Morgan fingerprint density at radius 2 is 1.81 bits per heavy atom. The molecule has 2 aromatic rings. The summed E-state index contributed by atoms with van der Waals surface area (Å²) in [4.78, 5) is 16.7. The maximum Gasteiger partial charge on any atom is 0.416 e. The molecule has 1 amide bonds. The molecule has 0 atom stereocenters. The van der Waals surface area contributed by atoms with Crippen LogP contribution in [0.15, 0.2) is 30.3 Å². The average molecular weight is 380 g/mol. The lowest BCUT2D eigenvalue weighted by atomic mass is 10.1. The number of halogens is 3. The van der Waals surface area contributed by atoms with Crippen LogP contribution in [0.5, 0.6) is 0 Å². The van der Waals surface area contributed by atoms with Crippen molar-refractivity contribution in [2.45, 2.75) is 26.1 Å². The minimum absolute atomic E-state index is 0.0329. The van der Waals surface area contributed by atoms with Crippen LogP contribution in [0.1, 0.15) is 33.7 Å². The van der Waals surface area contributed by atoms with E-state index in [4.69, 9.17) is 0 Å². The van der Waals surface area contributed by atoms with E-state index in [1.54, 1.807) is 17.8 Å². The third-order valence-corrected chi connectivity index (χ3v) is 4.78. The van der Waals surface area contributed by atoms with Crippen molar-refractivity contribution in [1.29, 1.82) is 0 Å². The Labute approximate surface area is 156 Å². The van der Waals surface area contributed by atoms with E-state index >= 15 is 0 Å². The number of nitrogens with zero attached hydrogens (tertiary/aromatic N) is 4. The van der Waals surface area contributed by atoms with Gasteiger partial charge in [-0.15, -0.1) is 0 Å². The molecule has 0 bridgehead atoms. The van der Waals surface area contributed by atoms with Crippen LogP contribution in [0.25, 0.3) is 0 Å². The van der Waals surface area contributed by atoms with E-state index < -0.39 is 11.7 Å². The first-order chi connectivity index (χ1) is 12.7. The number of hydrogen-bond acceptors (Lipinski definition) is 3. The Balaban J connectivity index is 1.60. The molecule has 1 aliphatic heterocycles. The molecule has 0 saturated carbocycles. The zero-order valence-electron chi connectivity index (χ0n) is 15.5. The fourth-order valence-electron chi connectivity index (χ4n) is 3.36. The molecule has 0 aliphatic carbocycles. The first-order valence-corrected chi connectivity index (χ1v) is 8.92. The van der Waals surface area contributed by atoms with Crippen molar-refractivity contribution in [1.82, 2.24) is 19.6 Å². The topological polar surface area (TPSA) is 41.4 Å². The number of aryl methyl sites for hydroxylation is 2. The van der Waals surface area contributed by atoms with E-state index in [1.165, 1.54) is 12.1 Å². The van der Waals surface area contributed by atoms with E-state index in [-0.39, 0.29) is 5.91 Å². The highest BCUT2D eigenvalue weighted by Crippen LogP contribution is 2.29. The highest BCUT2D eigenvalue weighted by Gasteiger charge is 2.30. The van der Waals surface area contributed by atoms with Gasteiger partial charge in [-0.25, -0.2) is 0 Å². The second-order valence-electron chi connectivity index (χ2n) is 6.91. The number of rotatable bonds is 3. The maximum absolute atomic E-state index is 12.7. The van der Waals surface area contributed by atoms with Gasteiger partial charge >= 0.3 is 6.18 Å². The first kappa shape index (κ1) is 19.4. The molecule has 0 radical (unpaired) electrons. The summed E-state index contributed by atoms with van der Waals surface area (Å²) < 4.78 is 39.6. The van der Waals surface area contributed by atoms with Crippen molar-refractivity contribution in [2.24, 2.45) is 7.05 Å². The van der Waals surface area contributed by atoms with Crippen LogP contribution in [0.3, 0.4) is 0 Å². The van der Waals surface area contributed by atoms with Gasteiger partial charge in [-0.2, -0.15) is 18.3 Å². The lowest BCUT2D eigenvalue weighted by molar-refractivity contribution is -0.137. The van der Waals surface area contributed by atoms with Gasteiger partial charge in [-0.1, -0.05) is 12.1 Å². The molecule has 1 aromatic carbocycles. The lowest BCUT2D eigenvalue weighted by Crippen LogP contribution is -2.36. The number of hydrogen-bond donors (Lipinski definition) is 0. The molecule has 8 heteroatoms. The largest absolute Gasteiger partial charge is 0.416 e. The Hall–Kier alpha value is -2.35. The van der Waals surface area contributed by atoms with Crippen LogP contribution in [0.4, 0.5) is 13.2 Å². The summed E-state index contributed by atoms with van der Waals surface area (Å²) >= 11 is 0. The summed E-state index contributed by atoms with van der Waals surface area (Å²) in [6.07, 6.45) is -3.49. The Morgan fingerprint density at radius 3 is 2.41 bits per heavy atom. The van der Waals surface area contributed by atoms with Gasteiger partial charge in [0.25, 0.3) is 5.91 Å². The number of alkyl halides is 3. The molecule has 27 heavy (non-hydrogen) atoms. The highest BCUT2D eigenvalue weighted by atomic mass is 19.4. The quantitative estimate of drug-likeness (QED) is 0.822. The summed E-state index contributed by atoms with van der Waals surface area (Å²) in [6.45, 7) is 5.16. The second kappa shape index (κ2) is 7.72. The summed E-state index contributed by atoms with van der Waals surface area (Å²) in [6, 6.07) is 7.07. The van der Waals surface area contributed by atoms with E-state index in [2.05, 4.69) is 10.00 Å². The summed E-state index contributed by atoms with van der Waals surface area (Å²) in [5, 5.41) is 4.22. The fourth-order valence-corrected chi connectivity index (χ4v) is 3.36. The summed E-state index contributed by atoms with van der Waals surface area (Å²) in [7, 11) is 1.76. The number of aromatic nitrogens is 2. The molecule has 146 valence electrons. The van der Waals surface area contributed by atoms with Gasteiger partial charge in [0.2, 0.25) is 0 Å². The molecule has 1 fully saturated rings. The molecule has 1 aromatic heterocycles. The first-order valence-electron chi connectivity index (χ1n) is 8.92. The predicted molar refractivity (Wildman–Crippen MR) is 95.2 cm³/mol. The molecule has 0 spiro atoms. The monoisotopic (exact) mass is 380 g/mol. The van der Waals surface area contributed by atoms with Gasteiger partial charge in [-0.3, -0.25) is 14.4 Å². The normalized spacial score (nSPS) is 16.4. The average Bonchev–Trinajstić information content (AvgIpc) is 2.80. The number of benzene rings is 1. The molecule has 0 N–H and O–H groups in total. The molecule has 5 nitrogen and oxygen atoms in total. The van der Waals surface area contributed by atoms with Crippen molar-refractivity contribution >= 4 is 5.91 Å². The molecule has 1 saturated heterocycles. The number of carbonyl (C=O) groups excluding carboxylic acids is 1. The third kappa shape index (κ3) is 4.68. The minimum atomic E-state index is -4.31. The van der Waals surface area contributed by atoms with Crippen molar-refractivity contribution in [3.8, 4) is 0 Å². The van der Waals surface area contributed by atoms with Gasteiger partial charge in [0.1, 0.15) is 5.69 Å². The summed E-state index contributed by atoms with van der Waals surface area (Å²) in [5.74, 6) is -0.0329. The Morgan fingerprint density at radius 1 is 1.11 bits per heavy atom.